The van der Waals surface area contributed by atoms with Crippen LogP contribution in [0, 0.1) is 5.92 Å². The summed E-state index contributed by atoms with van der Waals surface area (Å²) in [5.41, 5.74) is 2.18. The second kappa shape index (κ2) is 7.26. The number of hydrogen-bond acceptors (Lipinski definition) is 5. The first-order valence-electron chi connectivity index (χ1n) is 9.57. The van der Waals surface area contributed by atoms with E-state index in [-0.39, 0.29) is 11.7 Å². The SMILES string of the molecule is C=C(O)C(CC1CCOCC1)c1ccc2c(c1)N(C)c1ccccc1S2(=O)=O. The molecular formula is C22H25NO4S. The van der Waals surface area contributed by atoms with Gasteiger partial charge in [0.15, 0.2) is 0 Å². The Balaban J connectivity index is 1.74. The molecule has 2 aliphatic heterocycles. The lowest BCUT2D eigenvalue weighted by atomic mass is 9.84. The summed E-state index contributed by atoms with van der Waals surface area (Å²) in [6.45, 7) is 5.28. The molecule has 6 heteroatoms. The van der Waals surface area contributed by atoms with E-state index in [4.69, 9.17) is 4.74 Å². The molecular weight excluding hydrogens is 374 g/mol. The lowest BCUT2D eigenvalue weighted by Crippen LogP contribution is -2.23. The summed E-state index contributed by atoms with van der Waals surface area (Å²) in [7, 11) is -1.69. The van der Waals surface area contributed by atoms with Crippen molar-refractivity contribution >= 4 is 21.2 Å². The molecule has 2 heterocycles. The van der Waals surface area contributed by atoms with Crippen LogP contribution in [-0.2, 0) is 14.6 Å². The summed E-state index contributed by atoms with van der Waals surface area (Å²) in [5.74, 6) is 0.357. The third kappa shape index (κ3) is 3.20. The minimum Gasteiger partial charge on any atom is -0.512 e. The zero-order valence-corrected chi connectivity index (χ0v) is 16.8. The highest BCUT2D eigenvalue weighted by Crippen LogP contribution is 2.45. The Morgan fingerprint density at radius 1 is 1.18 bits per heavy atom. The Morgan fingerprint density at radius 2 is 1.86 bits per heavy atom. The summed E-state index contributed by atoms with van der Waals surface area (Å²) < 4.78 is 31.6. The van der Waals surface area contributed by atoms with Crippen molar-refractivity contribution in [3.05, 3.63) is 60.4 Å². The summed E-state index contributed by atoms with van der Waals surface area (Å²) in [5, 5.41) is 10.3. The predicted molar refractivity (Wildman–Crippen MR) is 109 cm³/mol. The average molecular weight is 400 g/mol. The number of benzene rings is 2. The number of allylic oxidation sites excluding steroid dienone is 1. The molecule has 0 saturated carbocycles. The van der Waals surface area contributed by atoms with E-state index in [2.05, 4.69) is 6.58 Å². The minimum atomic E-state index is -3.57. The van der Waals surface area contributed by atoms with E-state index in [1.165, 1.54) is 0 Å². The maximum absolute atomic E-state index is 13.1. The Morgan fingerprint density at radius 3 is 2.57 bits per heavy atom. The fraction of sp³-hybridized carbons (Fsp3) is 0.364. The Kier molecular flexibility index (Phi) is 4.93. The van der Waals surface area contributed by atoms with E-state index >= 15 is 0 Å². The molecule has 0 aromatic heterocycles. The van der Waals surface area contributed by atoms with Crippen LogP contribution in [0.15, 0.2) is 64.6 Å². The number of hydrogen-bond donors (Lipinski definition) is 1. The van der Waals surface area contributed by atoms with Gasteiger partial charge in [0.25, 0.3) is 0 Å². The van der Waals surface area contributed by atoms with Crippen molar-refractivity contribution in [1.29, 1.82) is 0 Å². The molecule has 0 spiro atoms. The molecule has 0 bridgehead atoms. The van der Waals surface area contributed by atoms with Crippen molar-refractivity contribution < 1.29 is 18.3 Å². The molecule has 2 aromatic carbocycles. The van der Waals surface area contributed by atoms with Crippen LogP contribution in [0.3, 0.4) is 0 Å². The second-order valence-corrected chi connectivity index (χ2v) is 9.48. The first kappa shape index (κ1) is 19.0. The van der Waals surface area contributed by atoms with Gasteiger partial charge < -0.3 is 14.7 Å². The molecule has 1 N–H and O–H groups in total. The van der Waals surface area contributed by atoms with Crippen molar-refractivity contribution in [3.8, 4) is 0 Å². The Bertz CT molecular complexity index is 1010. The lowest BCUT2D eigenvalue weighted by molar-refractivity contribution is 0.0614. The second-order valence-electron chi connectivity index (χ2n) is 7.59. The number of fused-ring (bicyclic) bond motifs is 2. The van der Waals surface area contributed by atoms with Gasteiger partial charge in [-0.15, -0.1) is 0 Å². The molecule has 1 atom stereocenters. The van der Waals surface area contributed by atoms with Gasteiger partial charge in [-0.25, -0.2) is 8.42 Å². The highest BCUT2D eigenvalue weighted by molar-refractivity contribution is 7.92. The number of aliphatic hydroxyl groups is 1. The predicted octanol–water partition coefficient (Wildman–Crippen LogP) is 4.57. The van der Waals surface area contributed by atoms with Crippen LogP contribution < -0.4 is 4.90 Å². The number of anilines is 2. The Labute approximate surface area is 166 Å². The Hall–Kier alpha value is -2.31. The van der Waals surface area contributed by atoms with Crippen LogP contribution in [0.4, 0.5) is 11.4 Å². The van der Waals surface area contributed by atoms with Gasteiger partial charge in [0.2, 0.25) is 9.84 Å². The topological polar surface area (TPSA) is 66.8 Å². The molecule has 1 saturated heterocycles. The van der Waals surface area contributed by atoms with Crippen LogP contribution in [0.25, 0.3) is 0 Å². The average Bonchev–Trinajstić information content (AvgIpc) is 2.71. The molecule has 0 aliphatic carbocycles. The van der Waals surface area contributed by atoms with Crippen molar-refractivity contribution in [2.24, 2.45) is 5.92 Å². The van der Waals surface area contributed by atoms with E-state index in [9.17, 15) is 13.5 Å². The van der Waals surface area contributed by atoms with Crippen LogP contribution in [-0.4, -0.2) is 33.8 Å². The van der Waals surface area contributed by atoms with Crippen LogP contribution in [0.2, 0.25) is 0 Å². The van der Waals surface area contributed by atoms with Gasteiger partial charge in [0.1, 0.15) is 0 Å². The third-order valence-corrected chi connectivity index (χ3v) is 7.71. The van der Waals surface area contributed by atoms with Gasteiger partial charge in [-0.3, -0.25) is 0 Å². The fourth-order valence-electron chi connectivity index (χ4n) is 4.23. The molecule has 5 nitrogen and oxygen atoms in total. The van der Waals surface area contributed by atoms with Crippen molar-refractivity contribution in [1.82, 2.24) is 0 Å². The zero-order chi connectivity index (χ0) is 19.9. The van der Waals surface area contributed by atoms with E-state index in [1.54, 1.807) is 18.2 Å². The smallest absolute Gasteiger partial charge is 0.210 e. The molecule has 28 heavy (non-hydrogen) atoms. The monoisotopic (exact) mass is 399 g/mol. The quantitative estimate of drug-likeness (QED) is 0.763. The van der Waals surface area contributed by atoms with Crippen molar-refractivity contribution in [2.75, 3.05) is 25.2 Å². The third-order valence-electron chi connectivity index (χ3n) is 5.86. The normalized spacial score (nSPS) is 19.5. The van der Waals surface area contributed by atoms with Gasteiger partial charge in [-0.05, 0) is 55.0 Å². The number of rotatable bonds is 4. The number of aliphatic hydroxyl groups excluding tert-OH is 1. The summed E-state index contributed by atoms with van der Waals surface area (Å²) in [6, 6.07) is 12.4. The molecule has 2 aromatic rings. The molecule has 0 radical (unpaired) electrons. The number of nitrogens with zero attached hydrogens (tertiary/aromatic N) is 1. The van der Waals surface area contributed by atoms with E-state index < -0.39 is 9.84 Å². The fourth-order valence-corrected chi connectivity index (χ4v) is 5.92. The maximum atomic E-state index is 13.1. The van der Waals surface area contributed by atoms with Gasteiger partial charge in [0, 0.05) is 26.2 Å². The van der Waals surface area contributed by atoms with Gasteiger partial charge in [0.05, 0.1) is 26.9 Å². The van der Waals surface area contributed by atoms with Crippen LogP contribution in [0.1, 0.15) is 30.7 Å². The highest BCUT2D eigenvalue weighted by atomic mass is 32.2. The summed E-state index contributed by atoms with van der Waals surface area (Å²) >= 11 is 0. The minimum absolute atomic E-state index is 0.119. The summed E-state index contributed by atoms with van der Waals surface area (Å²) in [6.07, 6.45) is 2.72. The van der Waals surface area contributed by atoms with Crippen LogP contribution in [0.5, 0.6) is 0 Å². The molecule has 1 unspecified atom stereocenters. The number of ether oxygens (including phenoxy) is 1. The first-order chi connectivity index (χ1) is 13.4. The van der Waals surface area contributed by atoms with E-state index in [0.29, 0.717) is 27.1 Å². The lowest BCUT2D eigenvalue weighted by Gasteiger charge is -2.31. The van der Waals surface area contributed by atoms with Crippen LogP contribution >= 0.6 is 0 Å². The molecule has 1 fully saturated rings. The number of sulfone groups is 1. The standard InChI is InChI=1S/C22H25NO4S/c1-15(24)18(13-16-9-11-27-12-10-16)17-7-8-22-20(14-17)23(2)19-5-3-4-6-21(19)28(22,25)26/h3-8,14,16,18,24H,1,9-13H2,2H3. The molecule has 148 valence electrons. The first-order valence-corrected chi connectivity index (χ1v) is 11.0. The zero-order valence-electron chi connectivity index (χ0n) is 16.0. The largest absolute Gasteiger partial charge is 0.512 e. The summed E-state index contributed by atoms with van der Waals surface area (Å²) in [4.78, 5) is 2.52. The molecule has 0 amide bonds. The van der Waals surface area contributed by atoms with E-state index in [0.717, 1.165) is 38.0 Å². The van der Waals surface area contributed by atoms with Gasteiger partial charge >= 0.3 is 0 Å². The van der Waals surface area contributed by atoms with Gasteiger partial charge in [-0.2, -0.15) is 0 Å². The van der Waals surface area contributed by atoms with Gasteiger partial charge in [-0.1, -0.05) is 24.8 Å². The van der Waals surface area contributed by atoms with E-state index in [1.807, 2.05) is 36.2 Å². The highest BCUT2D eigenvalue weighted by Gasteiger charge is 2.33. The van der Waals surface area contributed by atoms with Crippen molar-refractivity contribution in [3.63, 3.8) is 0 Å². The molecule has 4 rings (SSSR count). The van der Waals surface area contributed by atoms with Crippen molar-refractivity contribution in [2.45, 2.75) is 35.0 Å². The maximum Gasteiger partial charge on any atom is 0.210 e. The molecule has 2 aliphatic rings. The number of para-hydroxylation sites is 1.